The number of hydrogen-bond acceptors (Lipinski definition) is 5. The second-order valence-electron chi connectivity index (χ2n) is 8.35. The first-order valence-electron chi connectivity index (χ1n) is 11.0. The summed E-state index contributed by atoms with van der Waals surface area (Å²) in [6.07, 6.45) is 9.54. The quantitative estimate of drug-likeness (QED) is 0.306. The first kappa shape index (κ1) is 23.7. The van der Waals surface area contributed by atoms with E-state index in [1.165, 1.54) is 15.0 Å². The number of unbranched alkanes of at least 4 members (excludes halogenated alkanes) is 1. The number of benzene rings is 1. The molecule has 1 saturated carbocycles. The van der Waals surface area contributed by atoms with E-state index < -0.39 is 24.3 Å². The highest BCUT2D eigenvalue weighted by molar-refractivity contribution is 7.19. The Morgan fingerprint density at radius 3 is 2.77 bits per heavy atom. The summed E-state index contributed by atoms with van der Waals surface area (Å²) < 4.78 is 1.25. The Labute approximate surface area is 187 Å². The molecule has 1 aromatic heterocycles. The largest absolute Gasteiger partial charge is 0.481 e. The van der Waals surface area contributed by atoms with Gasteiger partial charge in [-0.25, -0.2) is 0 Å². The van der Waals surface area contributed by atoms with E-state index in [1.54, 1.807) is 17.4 Å². The van der Waals surface area contributed by atoms with E-state index >= 15 is 0 Å². The molecule has 5 nitrogen and oxygen atoms in total. The third-order valence-electron chi connectivity index (χ3n) is 5.97. The van der Waals surface area contributed by atoms with Crippen LogP contribution in [0.5, 0.6) is 0 Å². The molecule has 0 radical (unpaired) electrons. The molecule has 168 valence electrons. The summed E-state index contributed by atoms with van der Waals surface area (Å²) in [5.41, 5.74) is 0. The van der Waals surface area contributed by atoms with Crippen LogP contribution in [0.1, 0.15) is 43.4 Å². The highest BCUT2D eigenvalue weighted by atomic mass is 32.1. The number of allylic oxidation sites excluding steroid dienone is 2. The normalized spacial score (nSPS) is 25.1. The van der Waals surface area contributed by atoms with Gasteiger partial charge in [-0.2, -0.15) is 0 Å². The van der Waals surface area contributed by atoms with Gasteiger partial charge < -0.3 is 20.4 Å². The van der Waals surface area contributed by atoms with Crippen LogP contribution >= 0.6 is 11.3 Å². The minimum absolute atomic E-state index is 0.100. The van der Waals surface area contributed by atoms with E-state index in [2.05, 4.69) is 18.2 Å². The Hall–Kier alpha value is -1.99. The Morgan fingerprint density at radius 1 is 1.19 bits per heavy atom. The highest BCUT2D eigenvalue weighted by Crippen LogP contribution is 2.36. The van der Waals surface area contributed by atoms with E-state index in [0.29, 0.717) is 32.1 Å². The molecule has 0 amide bonds. The van der Waals surface area contributed by atoms with Gasteiger partial charge in [0, 0.05) is 28.3 Å². The molecule has 31 heavy (non-hydrogen) atoms. The number of aliphatic hydroxyl groups is 3. The second kappa shape index (κ2) is 11.6. The summed E-state index contributed by atoms with van der Waals surface area (Å²) in [5, 5.41) is 41.0. The molecule has 1 aliphatic carbocycles. The van der Waals surface area contributed by atoms with Crippen LogP contribution in [0.3, 0.4) is 0 Å². The summed E-state index contributed by atoms with van der Waals surface area (Å²) in [5.74, 6) is -1.09. The molecule has 6 heteroatoms. The standard InChI is InChI=1S/C25H32O5S/c26-18(11-13-19-15-17-7-5-6-9-24(17)31-19)12-14-21-20(22(27)16-23(21)28)8-3-1-2-4-10-25(29)30/h1,3,5-7,9,12,14-15,18,20-23,26-28H,2,4,8,10-11,13,16H2,(H,29,30)/t18-,20+,21+,22-,23+/m0/s1. The lowest BCUT2D eigenvalue weighted by Gasteiger charge is -2.19. The first-order valence-corrected chi connectivity index (χ1v) is 11.8. The number of carbonyl (C=O) groups is 1. The molecular weight excluding hydrogens is 412 g/mol. The number of thiophene rings is 1. The minimum atomic E-state index is -0.793. The van der Waals surface area contributed by atoms with Gasteiger partial charge in [-0.05, 0) is 55.5 Å². The van der Waals surface area contributed by atoms with Crippen LogP contribution in [-0.2, 0) is 11.2 Å². The Morgan fingerprint density at radius 2 is 2.00 bits per heavy atom. The molecule has 0 unspecified atom stereocenters. The van der Waals surface area contributed by atoms with Crippen LogP contribution in [-0.4, -0.2) is 44.7 Å². The van der Waals surface area contributed by atoms with Crippen LogP contribution in [0.15, 0.2) is 54.6 Å². The lowest BCUT2D eigenvalue weighted by molar-refractivity contribution is -0.137. The molecule has 4 N–H and O–H groups in total. The number of aliphatic hydroxyl groups excluding tert-OH is 3. The maximum atomic E-state index is 10.5. The maximum Gasteiger partial charge on any atom is 0.303 e. The van der Waals surface area contributed by atoms with Crippen molar-refractivity contribution in [1.29, 1.82) is 0 Å². The summed E-state index contributed by atoms with van der Waals surface area (Å²) in [6.45, 7) is 0. The van der Waals surface area contributed by atoms with Crippen LogP contribution in [0.25, 0.3) is 10.1 Å². The van der Waals surface area contributed by atoms with Gasteiger partial charge in [0.2, 0.25) is 0 Å². The topological polar surface area (TPSA) is 98.0 Å². The highest BCUT2D eigenvalue weighted by Gasteiger charge is 2.39. The molecule has 1 heterocycles. The zero-order valence-corrected chi connectivity index (χ0v) is 18.5. The molecule has 2 aromatic rings. The van der Waals surface area contributed by atoms with E-state index in [-0.39, 0.29) is 18.3 Å². The van der Waals surface area contributed by atoms with Crippen molar-refractivity contribution in [2.45, 2.75) is 63.3 Å². The Kier molecular flexibility index (Phi) is 8.84. The van der Waals surface area contributed by atoms with Gasteiger partial charge in [-0.3, -0.25) is 4.79 Å². The fraction of sp³-hybridized carbons (Fsp3) is 0.480. The number of carboxylic acids is 1. The van der Waals surface area contributed by atoms with Crippen molar-refractivity contribution in [3.63, 3.8) is 0 Å². The van der Waals surface area contributed by atoms with Crippen molar-refractivity contribution >= 4 is 27.4 Å². The summed E-state index contributed by atoms with van der Waals surface area (Å²) in [4.78, 5) is 11.8. The molecule has 0 saturated heterocycles. The number of aryl methyl sites for hydroxylation is 1. The van der Waals surface area contributed by atoms with Crippen molar-refractivity contribution < 1.29 is 25.2 Å². The Bertz CT molecular complexity index is 869. The van der Waals surface area contributed by atoms with E-state index in [4.69, 9.17) is 5.11 Å². The lowest BCUT2D eigenvalue weighted by atomic mass is 9.89. The molecule has 0 spiro atoms. The smallest absolute Gasteiger partial charge is 0.303 e. The average molecular weight is 445 g/mol. The fourth-order valence-electron chi connectivity index (χ4n) is 4.25. The van der Waals surface area contributed by atoms with Gasteiger partial charge in [0.25, 0.3) is 0 Å². The molecule has 3 rings (SSSR count). The van der Waals surface area contributed by atoms with Gasteiger partial charge in [0.1, 0.15) is 0 Å². The third-order valence-corrected chi connectivity index (χ3v) is 7.15. The van der Waals surface area contributed by atoms with Crippen molar-refractivity contribution in [1.82, 2.24) is 0 Å². The summed E-state index contributed by atoms with van der Waals surface area (Å²) in [6, 6.07) is 10.4. The first-order chi connectivity index (χ1) is 14.9. The number of carboxylic acid groups (broad SMARTS) is 1. The average Bonchev–Trinajstić information content (AvgIpc) is 3.27. The van der Waals surface area contributed by atoms with Crippen LogP contribution in [0, 0.1) is 11.8 Å². The lowest BCUT2D eigenvalue weighted by Crippen LogP contribution is -2.20. The van der Waals surface area contributed by atoms with Crippen molar-refractivity contribution in [3.8, 4) is 0 Å². The number of rotatable bonds is 11. The number of fused-ring (bicyclic) bond motifs is 1. The van der Waals surface area contributed by atoms with Crippen molar-refractivity contribution in [2.75, 3.05) is 0 Å². The molecule has 1 aliphatic rings. The van der Waals surface area contributed by atoms with E-state index in [0.717, 1.165) is 6.42 Å². The van der Waals surface area contributed by atoms with Crippen molar-refractivity contribution in [2.24, 2.45) is 11.8 Å². The fourth-order valence-corrected chi connectivity index (χ4v) is 5.33. The maximum absolute atomic E-state index is 10.5. The SMILES string of the molecule is O=C(O)CCCC=CC[C@@H]1[C@@H](C=C[C@@H](O)CCc2cc3ccccc3s2)[C@H](O)C[C@@H]1O. The number of aliphatic carboxylic acids is 1. The van der Waals surface area contributed by atoms with Crippen LogP contribution < -0.4 is 0 Å². The zero-order chi connectivity index (χ0) is 22.2. The second-order valence-corrected chi connectivity index (χ2v) is 9.51. The van der Waals surface area contributed by atoms with Gasteiger partial charge in [0.05, 0.1) is 18.3 Å². The van der Waals surface area contributed by atoms with E-state index in [1.807, 2.05) is 30.4 Å². The molecular formula is C25H32O5S. The van der Waals surface area contributed by atoms with Gasteiger partial charge >= 0.3 is 5.97 Å². The molecule has 5 atom stereocenters. The predicted octanol–water partition coefficient (Wildman–Crippen LogP) is 4.31. The van der Waals surface area contributed by atoms with E-state index in [9.17, 15) is 20.1 Å². The zero-order valence-electron chi connectivity index (χ0n) is 17.6. The molecule has 0 aliphatic heterocycles. The van der Waals surface area contributed by atoms with Gasteiger partial charge in [-0.15, -0.1) is 11.3 Å². The molecule has 1 aromatic carbocycles. The minimum Gasteiger partial charge on any atom is -0.481 e. The molecule has 1 fully saturated rings. The van der Waals surface area contributed by atoms with Crippen molar-refractivity contribution in [3.05, 3.63) is 59.5 Å². The van der Waals surface area contributed by atoms with Crippen LogP contribution in [0.4, 0.5) is 0 Å². The summed E-state index contributed by atoms with van der Waals surface area (Å²) in [7, 11) is 0. The summed E-state index contributed by atoms with van der Waals surface area (Å²) >= 11 is 1.75. The monoisotopic (exact) mass is 444 g/mol. The van der Waals surface area contributed by atoms with Gasteiger partial charge in [0.15, 0.2) is 0 Å². The Balaban J connectivity index is 1.49. The van der Waals surface area contributed by atoms with Gasteiger partial charge in [-0.1, -0.05) is 42.5 Å². The number of hydrogen-bond donors (Lipinski definition) is 4. The van der Waals surface area contributed by atoms with Crippen LogP contribution in [0.2, 0.25) is 0 Å². The predicted molar refractivity (Wildman–Crippen MR) is 124 cm³/mol. The third kappa shape index (κ3) is 7.01. The molecule has 0 bridgehead atoms.